The van der Waals surface area contributed by atoms with Crippen LogP contribution in [-0.2, 0) is 23.0 Å². The Morgan fingerprint density at radius 2 is 2.14 bits per heavy atom. The third-order valence-corrected chi connectivity index (χ3v) is 1.27. The van der Waals surface area contributed by atoms with Crippen molar-refractivity contribution in [3.8, 4) is 0 Å². The molecule has 0 saturated heterocycles. The SMILES string of the molecule is NCc1ccc(C(=O)[O-])cn1.[Cl][Pt+][Cl]. The summed E-state index contributed by atoms with van der Waals surface area (Å²) in [5.74, 6) is -1.22. The van der Waals surface area contributed by atoms with Crippen molar-refractivity contribution in [1.29, 1.82) is 0 Å². The van der Waals surface area contributed by atoms with E-state index in [2.05, 4.69) is 4.98 Å². The summed E-state index contributed by atoms with van der Waals surface area (Å²) in [6, 6.07) is 2.98. The fourth-order valence-electron chi connectivity index (χ4n) is 0.666. The topological polar surface area (TPSA) is 79.0 Å². The van der Waals surface area contributed by atoms with Gasteiger partial charge in [-0.05, 0) is 12.1 Å². The summed E-state index contributed by atoms with van der Waals surface area (Å²) < 4.78 is 0. The first-order valence-electron chi connectivity index (χ1n) is 3.34. The molecule has 0 spiro atoms. The Morgan fingerprint density at radius 3 is 2.43 bits per heavy atom. The number of nitrogens with two attached hydrogens (primary N) is 1. The number of rotatable bonds is 2. The number of pyridine rings is 1. The normalized spacial score (nSPS) is 9.07. The molecule has 7 heteroatoms. The van der Waals surface area contributed by atoms with Gasteiger partial charge < -0.3 is 15.6 Å². The molecule has 0 unspecified atom stereocenters. The zero-order chi connectivity index (χ0) is 11.0. The zero-order valence-electron chi connectivity index (χ0n) is 6.85. The Morgan fingerprint density at radius 1 is 1.57 bits per heavy atom. The van der Waals surface area contributed by atoms with Crippen molar-refractivity contribution in [3.05, 3.63) is 29.6 Å². The second-order valence-corrected chi connectivity index (χ2v) is 5.36. The number of carbonyl (C=O) groups is 1. The Balaban J connectivity index is 0.000000500. The van der Waals surface area contributed by atoms with Crippen molar-refractivity contribution in [3.63, 3.8) is 0 Å². The van der Waals surface area contributed by atoms with Crippen molar-refractivity contribution in [2.45, 2.75) is 6.54 Å². The molecule has 0 bridgehead atoms. The summed E-state index contributed by atoms with van der Waals surface area (Å²) in [4.78, 5) is 14.0. The van der Waals surface area contributed by atoms with Crippen LogP contribution in [0.15, 0.2) is 18.3 Å². The predicted molar refractivity (Wildman–Crippen MR) is 48.2 cm³/mol. The van der Waals surface area contributed by atoms with E-state index in [9.17, 15) is 9.90 Å². The molecule has 0 aromatic carbocycles. The first kappa shape index (κ1) is 13.8. The van der Waals surface area contributed by atoms with Gasteiger partial charge in [-0.2, -0.15) is 0 Å². The number of hydrogen-bond acceptors (Lipinski definition) is 4. The van der Waals surface area contributed by atoms with E-state index in [4.69, 9.17) is 24.6 Å². The molecule has 0 aliphatic heterocycles. The Kier molecular flexibility index (Phi) is 8.09. The van der Waals surface area contributed by atoms with Crippen LogP contribution in [0.3, 0.4) is 0 Å². The molecule has 1 aromatic heterocycles. The summed E-state index contributed by atoms with van der Waals surface area (Å²) in [6.07, 6.45) is 1.23. The van der Waals surface area contributed by atoms with E-state index in [1.54, 1.807) is 6.07 Å². The van der Waals surface area contributed by atoms with Gasteiger partial charge in [0.2, 0.25) is 0 Å². The minimum absolute atomic E-state index is 0.0715. The van der Waals surface area contributed by atoms with Crippen molar-refractivity contribution in [2.75, 3.05) is 0 Å². The van der Waals surface area contributed by atoms with E-state index < -0.39 is 22.5 Å². The van der Waals surface area contributed by atoms with Crippen molar-refractivity contribution < 1.29 is 26.4 Å². The number of nitrogens with zero attached hydrogens (tertiary/aromatic N) is 1. The van der Waals surface area contributed by atoms with Gasteiger partial charge in [0.05, 0.1) is 11.7 Å². The van der Waals surface area contributed by atoms with Gasteiger partial charge in [-0.1, -0.05) is 0 Å². The van der Waals surface area contributed by atoms with Crippen LogP contribution in [0.1, 0.15) is 16.1 Å². The second-order valence-electron chi connectivity index (χ2n) is 2.07. The van der Waals surface area contributed by atoms with Gasteiger partial charge in [0, 0.05) is 18.3 Å². The summed E-state index contributed by atoms with van der Waals surface area (Å²) in [5.41, 5.74) is 5.98. The van der Waals surface area contributed by atoms with Crippen LogP contribution in [0.5, 0.6) is 0 Å². The average Bonchev–Trinajstić information content (AvgIpc) is 2.19. The molecule has 2 N–H and O–H groups in total. The number of halogens is 2. The molecule has 4 nitrogen and oxygen atoms in total. The molecule has 0 atom stereocenters. The van der Waals surface area contributed by atoms with E-state index in [-0.39, 0.29) is 5.56 Å². The average molecular weight is 417 g/mol. The standard InChI is InChI=1S/C7H8N2O2.2ClH.Pt/c8-3-6-2-1-5(4-9-6)7(10)11;;;/h1-2,4H,3,8H2,(H,10,11);2*1H;/q;;;+3/p-3. The fourth-order valence-corrected chi connectivity index (χ4v) is 0.666. The first-order chi connectivity index (χ1) is 6.65. The van der Waals surface area contributed by atoms with Gasteiger partial charge >= 0.3 is 35.3 Å². The summed E-state index contributed by atoms with van der Waals surface area (Å²) in [7, 11) is 9.75. The summed E-state index contributed by atoms with van der Waals surface area (Å²) in [5, 5.41) is 10.2. The Labute approximate surface area is 97.8 Å². The zero-order valence-corrected chi connectivity index (χ0v) is 10.6. The summed E-state index contributed by atoms with van der Waals surface area (Å²) >= 11 is -0.472. The van der Waals surface area contributed by atoms with E-state index in [1.807, 2.05) is 0 Å². The molecule has 81 valence electrons. The number of carboxylic acid groups (broad SMARTS) is 1. The molecule has 0 radical (unpaired) electrons. The molecule has 0 aliphatic carbocycles. The molecule has 0 saturated carbocycles. The van der Waals surface area contributed by atoms with Gasteiger partial charge in [-0.3, -0.25) is 4.98 Å². The molecule has 14 heavy (non-hydrogen) atoms. The van der Waals surface area contributed by atoms with Gasteiger partial charge in [0.25, 0.3) is 0 Å². The van der Waals surface area contributed by atoms with Crippen LogP contribution in [0.25, 0.3) is 0 Å². The molecule has 1 heterocycles. The van der Waals surface area contributed by atoms with Gasteiger partial charge in [0.1, 0.15) is 0 Å². The Hall–Kier alpha value is -0.152. The molecule has 0 amide bonds. The third-order valence-electron chi connectivity index (χ3n) is 1.27. The molecule has 1 aromatic rings. The molecule has 0 fully saturated rings. The number of carbonyl (C=O) groups excluding carboxylic acids is 1. The molecule has 0 aliphatic rings. The van der Waals surface area contributed by atoms with Crippen LogP contribution in [0.2, 0.25) is 0 Å². The van der Waals surface area contributed by atoms with Crippen molar-refractivity contribution in [1.82, 2.24) is 4.98 Å². The van der Waals surface area contributed by atoms with E-state index in [0.717, 1.165) is 0 Å². The molecular weight excluding hydrogens is 410 g/mol. The quantitative estimate of drug-likeness (QED) is 0.750. The van der Waals surface area contributed by atoms with Crippen LogP contribution >= 0.6 is 18.8 Å². The van der Waals surface area contributed by atoms with Gasteiger partial charge in [0.15, 0.2) is 0 Å². The van der Waals surface area contributed by atoms with Gasteiger partial charge in [-0.25, -0.2) is 0 Å². The van der Waals surface area contributed by atoms with Crippen molar-refractivity contribution >= 4 is 24.8 Å². The first-order valence-corrected chi connectivity index (χ1v) is 8.97. The predicted octanol–water partition coefficient (Wildman–Crippen LogP) is 0.280. The third kappa shape index (κ3) is 5.55. The second kappa shape index (κ2) is 8.18. The maximum absolute atomic E-state index is 10.2. The summed E-state index contributed by atoms with van der Waals surface area (Å²) in [6.45, 7) is 0.313. The number of aromatic nitrogens is 1. The fraction of sp³-hybridized carbons (Fsp3) is 0.143. The number of carboxylic acids is 1. The van der Waals surface area contributed by atoms with Crippen LogP contribution in [-0.4, -0.2) is 11.0 Å². The maximum atomic E-state index is 10.2. The Bertz CT molecular complexity index is 282. The van der Waals surface area contributed by atoms with E-state index in [1.165, 1.54) is 12.3 Å². The van der Waals surface area contributed by atoms with E-state index >= 15 is 0 Å². The molecule has 1 rings (SSSR count). The van der Waals surface area contributed by atoms with Crippen LogP contribution < -0.4 is 10.8 Å². The van der Waals surface area contributed by atoms with Crippen LogP contribution in [0, 0.1) is 0 Å². The van der Waals surface area contributed by atoms with Crippen molar-refractivity contribution in [2.24, 2.45) is 5.73 Å². The van der Waals surface area contributed by atoms with Gasteiger partial charge in [-0.15, -0.1) is 0 Å². The number of aromatic carboxylic acids is 1. The van der Waals surface area contributed by atoms with Crippen LogP contribution in [0.4, 0.5) is 0 Å². The molecular formula is C7H7Cl2N2O2Pt. The minimum atomic E-state index is -1.22. The monoisotopic (exact) mass is 416 g/mol. The number of hydrogen-bond donors (Lipinski definition) is 1. The van der Waals surface area contributed by atoms with E-state index in [0.29, 0.717) is 12.2 Å².